The van der Waals surface area contributed by atoms with Crippen LogP contribution >= 0.6 is 0 Å². The Balaban J connectivity index is 1.76. The highest BCUT2D eigenvalue weighted by atomic mass is 16.5. The van der Waals surface area contributed by atoms with Crippen LogP contribution in [0.4, 0.5) is 5.69 Å². The average Bonchev–Trinajstić information content (AvgIpc) is 3.08. The maximum atomic E-state index is 12.0. The molecular weight excluding hydrogens is 278 g/mol. The highest BCUT2D eigenvalue weighted by molar-refractivity contribution is 5.95. The van der Waals surface area contributed by atoms with Crippen molar-refractivity contribution in [2.45, 2.75) is 32.7 Å². The molecule has 0 saturated carbocycles. The minimum atomic E-state index is -0.0509. The number of nitrogens with one attached hydrogen (secondary N) is 2. The molecule has 1 aromatic carbocycles. The molecule has 2 N–H and O–H groups in total. The van der Waals surface area contributed by atoms with Crippen molar-refractivity contribution in [1.82, 2.24) is 10.2 Å². The van der Waals surface area contributed by atoms with Crippen molar-refractivity contribution in [3.63, 3.8) is 0 Å². The predicted octanol–water partition coefficient (Wildman–Crippen LogP) is 2.10. The van der Waals surface area contributed by atoms with Crippen molar-refractivity contribution >= 4 is 11.6 Å². The number of carbonyl (C=O) groups is 1. The molecule has 1 atom stereocenters. The summed E-state index contributed by atoms with van der Waals surface area (Å²) in [5.74, 6) is 0.886. The third kappa shape index (κ3) is 5.00. The van der Waals surface area contributed by atoms with Gasteiger partial charge in [0, 0.05) is 12.2 Å². The molecule has 5 nitrogen and oxygen atoms in total. The van der Waals surface area contributed by atoms with E-state index >= 15 is 0 Å². The number of rotatable bonds is 8. The molecule has 1 fully saturated rings. The number of anilines is 1. The van der Waals surface area contributed by atoms with Crippen LogP contribution in [0.2, 0.25) is 0 Å². The van der Waals surface area contributed by atoms with E-state index < -0.39 is 0 Å². The van der Waals surface area contributed by atoms with E-state index in [1.807, 2.05) is 24.3 Å². The highest BCUT2D eigenvalue weighted by Gasteiger charge is 2.21. The summed E-state index contributed by atoms with van der Waals surface area (Å²) in [7, 11) is 0. The number of ether oxygens (including phenoxy) is 1. The summed E-state index contributed by atoms with van der Waals surface area (Å²) in [4.78, 5) is 14.3. The topological polar surface area (TPSA) is 53.6 Å². The van der Waals surface area contributed by atoms with Crippen molar-refractivity contribution in [2.75, 3.05) is 38.1 Å². The predicted molar refractivity (Wildman–Crippen MR) is 89.4 cm³/mol. The minimum absolute atomic E-state index is 0.0488. The van der Waals surface area contributed by atoms with Crippen LogP contribution in [-0.2, 0) is 4.79 Å². The summed E-state index contributed by atoms with van der Waals surface area (Å²) in [5, 5.41) is 6.13. The molecule has 1 aromatic rings. The Morgan fingerprint density at radius 1 is 1.32 bits per heavy atom. The molecule has 1 heterocycles. The third-order valence-corrected chi connectivity index (χ3v) is 4.07. The molecule has 0 aliphatic carbocycles. The molecule has 2 rings (SSSR count). The molecule has 0 aromatic heterocycles. The lowest BCUT2D eigenvalue weighted by Crippen LogP contribution is -2.35. The highest BCUT2D eigenvalue weighted by Crippen LogP contribution is 2.17. The number of benzene rings is 1. The molecule has 122 valence electrons. The van der Waals surface area contributed by atoms with Gasteiger partial charge in [-0.2, -0.15) is 0 Å². The lowest BCUT2D eigenvalue weighted by Gasteiger charge is -2.18. The van der Waals surface area contributed by atoms with Crippen molar-refractivity contribution in [3.8, 4) is 5.75 Å². The van der Waals surface area contributed by atoms with E-state index in [1.165, 1.54) is 0 Å². The molecule has 0 bridgehead atoms. The van der Waals surface area contributed by atoms with Crippen LogP contribution < -0.4 is 15.4 Å². The van der Waals surface area contributed by atoms with E-state index in [9.17, 15) is 4.79 Å². The standard InChI is InChI=1S/C17H27N3O2/c1-3-20(4-2)12-13-22-15-9-7-14(8-10-15)19-17(21)16-6-5-11-18-16/h7-10,16,18H,3-6,11-13H2,1-2H3,(H,19,21). The van der Waals surface area contributed by atoms with Crippen LogP contribution in [0.3, 0.4) is 0 Å². The molecule has 1 aliphatic rings. The van der Waals surface area contributed by atoms with E-state index in [-0.39, 0.29) is 11.9 Å². The second kappa shape index (κ2) is 8.76. The largest absolute Gasteiger partial charge is 0.492 e. The Labute approximate surface area is 133 Å². The number of hydrogen-bond donors (Lipinski definition) is 2. The van der Waals surface area contributed by atoms with Gasteiger partial charge in [0.05, 0.1) is 6.04 Å². The van der Waals surface area contributed by atoms with Crippen molar-refractivity contribution in [3.05, 3.63) is 24.3 Å². The van der Waals surface area contributed by atoms with Crippen LogP contribution in [0.25, 0.3) is 0 Å². The van der Waals surface area contributed by atoms with Crippen LogP contribution in [0, 0.1) is 0 Å². The monoisotopic (exact) mass is 305 g/mol. The van der Waals surface area contributed by atoms with Gasteiger partial charge in [0.1, 0.15) is 12.4 Å². The number of amides is 1. The molecule has 22 heavy (non-hydrogen) atoms. The fourth-order valence-corrected chi connectivity index (χ4v) is 2.60. The summed E-state index contributed by atoms with van der Waals surface area (Å²) in [6, 6.07) is 7.53. The van der Waals surface area contributed by atoms with Crippen LogP contribution in [0.15, 0.2) is 24.3 Å². The molecule has 5 heteroatoms. The van der Waals surface area contributed by atoms with Gasteiger partial charge in [0.25, 0.3) is 0 Å². The fourth-order valence-electron chi connectivity index (χ4n) is 2.60. The first kappa shape index (κ1) is 16.8. The van der Waals surface area contributed by atoms with E-state index in [2.05, 4.69) is 29.4 Å². The summed E-state index contributed by atoms with van der Waals surface area (Å²) in [6.07, 6.45) is 1.98. The lowest BCUT2D eigenvalue weighted by atomic mass is 10.2. The summed E-state index contributed by atoms with van der Waals surface area (Å²) < 4.78 is 5.73. The summed E-state index contributed by atoms with van der Waals surface area (Å²) in [5.41, 5.74) is 0.815. The van der Waals surface area contributed by atoms with Gasteiger partial charge in [-0.15, -0.1) is 0 Å². The number of hydrogen-bond acceptors (Lipinski definition) is 4. The van der Waals surface area contributed by atoms with Crippen LogP contribution in [0.5, 0.6) is 5.75 Å². The van der Waals surface area contributed by atoms with E-state index in [1.54, 1.807) is 0 Å². The normalized spacial score (nSPS) is 17.7. The quantitative estimate of drug-likeness (QED) is 0.772. The average molecular weight is 305 g/mol. The van der Waals surface area contributed by atoms with Crippen molar-refractivity contribution in [2.24, 2.45) is 0 Å². The number of carbonyl (C=O) groups excluding carboxylic acids is 1. The SMILES string of the molecule is CCN(CC)CCOc1ccc(NC(=O)C2CCCN2)cc1. The van der Waals surface area contributed by atoms with Gasteiger partial charge < -0.3 is 20.3 Å². The maximum absolute atomic E-state index is 12.0. The molecule has 0 radical (unpaired) electrons. The van der Waals surface area contributed by atoms with Gasteiger partial charge in [-0.25, -0.2) is 0 Å². The number of nitrogens with zero attached hydrogens (tertiary/aromatic N) is 1. The van der Waals surface area contributed by atoms with Crippen LogP contribution in [-0.4, -0.2) is 49.6 Å². The van der Waals surface area contributed by atoms with E-state index in [0.717, 1.165) is 50.5 Å². The molecule has 1 aliphatic heterocycles. The first-order chi connectivity index (χ1) is 10.7. The van der Waals surface area contributed by atoms with Gasteiger partial charge in [-0.3, -0.25) is 4.79 Å². The Bertz CT molecular complexity index is 451. The first-order valence-corrected chi connectivity index (χ1v) is 8.22. The van der Waals surface area contributed by atoms with Gasteiger partial charge >= 0.3 is 0 Å². The second-order valence-electron chi connectivity index (χ2n) is 5.54. The summed E-state index contributed by atoms with van der Waals surface area (Å²) in [6.45, 7) is 8.93. The van der Waals surface area contributed by atoms with Gasteiger partial charge in [-0.1, -0.05) is 13.8 Å². The summed E-state index contributed by atoms with van der Waals surface area (Å²) >= 11 is 0. The van der Waals surface area contributed by atoms with Crippen molar-refractivity contribution in [1.29, 1.82) is 0 Å². The lowest BCUT2D eigenvalue weighted by molar-refractivity contribution is -0.117. The third-order valence-electron chi connectivity index (χ3n) is 4.07. The molecule has 0 spiro atoms. The van der Waals surface area contributed by atoms with E-state index in [4.69, 9.17) is 4.74 Å². The van der Waals surface area contributed by atoms with Gasteiger partial charge in [-0.05, 0) is 56.7 Å². The van der Waals surface area contributed by atoms with Gasteiger partial charge in [0.15, 0.2) is 0 Å². The molecular formula is C17H27N3O2. The minimum Gasteiger partial charge on any atom is -0.492 e. The maximum Gasteiger partial charge on any atom is 0.241 e. The smallest absolute Gasteiger partial charge is 0.241 e. The zero-order valence-corrected chi connectivity index (χ0v) is 13.6. The Morgan fingerprint density at radius 3 is 2.64 bits per heavy atom. The zero-order valence-electron chi connectivity index (χ0n) is 13.6. The van der Waals surface area contributed by atoms with Crippen LogP contribution in [0.1, 0.15) is 26.7 Å². The second-order valence-corrected chi connectivity index (χ2v) is 5.54. The van der Waals surface area contributed by atoms with E-state index in [0.29, 0.717) is 6.61 Å². The number of likely N-dealkylation sites (N-methyl/N-ethyl adjacent to an activating group) is 1. The fraction of sp³-hybridized carbons (Fsp3) is 0.588. The zero-order chi connectivity index (χ0) is 15.8. The first-order valence-electron chi connectivity index (χ1n) is 8.22. The molecule has 1 saturated heterocycles. The Hall–Kier alpha value is -1.59. The van der Waals surface area contributed by atoms with Crippen molar-refractivity contribution < 1.29 is 9.53 Å². The molecule has 1 amide bonds. The Kier molecular flexibility index (Phi) is 6.68. The van der Waals surface area contributed by atoms with Gasteiger partial charge in [0.2, 0.25) is 5.91 Å². The Morgan fingerprint density at radius 2 is 2.05 bits per heavy atom. The molecule has 1 unspecified atom stereocenters.